The van der Waals surface area contributed by atoms with Crippen molar-refractivity contribution < 1.29 is 4.52 Å². The SMILES string of the molecule is Cc1noc(Cn2cncc2CCN)n1. The van der Waals surface area contributed by atoms with Crippen molar-refractivity contribution in [3.05, 3.63) is 29.9 Å². The van der Waals surface area contributed by atoms with Crippen molar-refractivity contribution in [1.29, 1.82) is 0 Å². The van der Waals surface area contributed by atoms with E-state index in [1.807, 2.05) is 4.57 Å². The molecule has 0 aromatic carbocycles. The molecule has 0 amide bonds. The molecule has 0 aliphatic carbocycles. The van der Waals surface area contributed by atoms with E-state index in [0.717, 1.165) is 12.1 Å². The summed E-state index contributed by atoms with van der Waals surface area (Å²) in [6.07, 6.45) is 4.34. The summed E-state index contributed by atoms with van der Waals surface area (Å²) in [6, 6.07) is 0. The van der Waals surface area contributed by atoms with Crippen molar-refractivity contribution >= 4 is 0 Å². The zero-order valence-electron chi connectivity index (χ0n) is 8.55. The lowest BCUT2D eigenvalue weighted by molar-refractivity contribution is 0.366. The van der Waals surface area contributed by atoms with Crippen LogP contribution in [0.5, 0.6) is 0 Å². The normalized spacial score (nSPS) is 10.8. The van der Waals surface area contributed by atoms with Gasteiger partial charge in [-0.25, -0.2) is 4.98 Å². The van der Waals surface area contributed by atoms with Crippen molar-refractivity contribution in [2.75, 3.05) is 6.54 Å². The molecule has 2 N–H and O–H groups in total. The number of hydrogen-bond donors (Lipinski definition) is 1. The number of hydrogen-bond acceptors (Lipinski definition) is 5. The summed E-state index contributed by atoms with van der Waals surface area (Å²) in [4.78, 5) is 8.19. The number of nitrogens with zero attached hydrogens (tertiary/aromatic N) is 4. The van der Waals surface area contributed by atoms with E-state index in [4.69, 9.17) is 10.3 Å². The highest BCUT2D eigenvalue weighted by atomic mass is 16.5. The smallest absolute Gasteiger partial charge is 0.246 e. The van der Waals surface area contributed by atoms with Gasteiger partial charge in [0.25, 0.3) is 0 Å². The predicted octanol–water partition coefficient (Wildman–Crippen LogP) is 0.124. The van der Waals surface area contributed by atoms with Crippen LogP contribution in [-0.4, -0.2) is 26.2 Å². The Kier molecular flexibility index (Phi) is 2.77. The Morgan fingerprint density at radius 2 is 2.40 bits per heavy atom. The number of nitrogens with two attached hydrogens (primary N) is 1. The lowest BCUT2D eigenvalue weighted by atomic mass is 10.3. The maximum absolute atomic E-state index is 5.49. The van der Waals surface area contributed by atoms with Gasteiger partial charge in [-0.15, -0.1) is 0 Å². The minimum atomic E-state index is 0.552. The molecule has 2 rings (SSSR count). The van der Waals surface area contributed by atoms with Gasteiger partial charge in [0.1, 0.15) is 6.54 Å². The molecule has 80 valence electrons. The maximum atomic E-state index is 5.49. The van der Waals surface area contributed by atoms with Crippen molar-refractivity contribution in [2.24, 2.45) is 5.73 Å². The first-order valence-corrected chi connectivity index (χ1v) is 4.78. The van der Waals surface area contributed by atoms with Crippen LogP contribution in [0.4, 0.5) is 0 Å². The van der Waals surface area contributed by atoms with Crippen molar-refractivity contribution in [3.8, 4) is 0 Å². The molecule has 15 heavy (non-hydrogen) atoms. The third kappa shape index (κ3) is 2.21. The van der Waals surface area contributed by atoms with Crippen molar-refractivity contribution in [1.82, 2.24) is 19.7 Å². The molecule has 0 atom stereocenters. The molecule has 6 nitrogen and oxygen atoms in total. The Morgan fingerprint density at radius 3 is 3.07 bits per heavy atom. The van der Waals surface area contributed by atoms with Gasteiger partial charge in [0.2, 0.25) is 5.89 Å². The second-order valence-electron chi connectivity index (χ2n) is 3.29. The van der Waals surface area contributed by atoms with Gasteiger partial charge in [-0.05, 0) is 13.5 Å². The van der Waals surface area contributed by atoms with Gasteiger partial charge in [-0.1, -0.05) is 5.16 Å². The third-order valence-electron chi connectivity index (χ3n) is 2.07. The average molecular weight is 207 g/mol. The second kappa shape index (κ2) is 4.22. The monoisotopic (exact) mass is 207 g/mol. The van der Waals surface area contributed by atoms with Gasteiger partial charge in [-0.2, -0.15) is 4.98 Å². The number of rotatable bonds is 4. The van der Waals surface area contributed by atoms with Crippen LogP contribution in [-0.2, 0) is 13.0 Å². The highest BCUT2D eigenvalue weighted by Crippen LogP contribution is 2.04. The lowest BCUT2D eigenvalue weighted by Gasteiger charge is -2.02. The first-order chi connectivity index (χ1) is 7.29. The van der Waals surface area contributed by atoms with Crippen LogP contribution in [0, 0.1) is 6.92 Å². The van der Waals surface area contributed by atoms with Crippen LogP contribution in [0.1, 0.15) is 17.4 Å². The molecule has 6 heteroatoms. The fourth-order valence-electron chi connectivity index (χ4n) is 1.40. The first-order valence-electron chi connectivity index (χ1n) is 4.78. The molecular formula is C9H13N5O. The predicted molar refractivity (Wildman–Crippen MR) is 53.1 cm³/mol. The highest BCUT2D eigenvalue weighted by Gasteiger charge is 2.06. The van der Waals surface area contributed by atoms with E-state index in [-0.39, 0.29) is 0 Å². The largest absolute Gasteiger partial charge is 0.337 e. The Balaban J connectivity index is 2.13. The van der Waals surface area contributed by atoms with Gasteiger partial charge in [0.05, 0.1) is 6.33 Å². The molecule has 0 radical (unpaired) electrons. The van der Waals surface area contributed by atoms with Crippen LogP contribution >= 0.6 is 0 Å². The van der Waals surface area contributed by atoms with Gasteiger partial charge < -0.3 is 14.8 Å². The van der Waals surface area contributed by atoms with Crippen molar-refractivity contribution in [3.63, 3.8) is 0 Å². The average Bonchev–Trinajstić information content (AvgIpc) is 2.78. The summed E-state index contributed by atoms with van der Waals surface area (Å²) in [7, 11) is 0. The second-order valence-corrected chi connectivity index (χ2v) is 3.29. The topological polar surface area (TPSA) is 82.8 Å². The minimum Gasteiger partial charge on any atom is -0.337 e. The summed E-state index contributed by atoms with van der Waals surface area (Å²) in [5.41, 5.74) is 6.57. The van der Waals surface area contributed by atoms with E-state index >= 15 is 0 Å². The summed E-state index contributed by atoms with van der Waals surface area (Å²) in [5.74, 6) is 1.23. The summed E-state index contributed by atoms with van der Waals surface area (Å²) in [5, 5.41) is 3.73. The maximum Gasteiger partial charge on any atom is 0.246 e. The van der Waals surface area contributed by atoms with E-state index in [2.05, 4.69) is 15.1 Å². The molecule has 2 aromatic rings. The van der Waals surface area contributed by atoms with E-state index < -0.39 is 0 Å². The molecule has 0 saturated heterocycles. The zero-order chi connectivity index (χ0) is 10.7. The van der Waals surface area contributed by atoms with Crippen LogP contribution in [0.3, 0.4) is 0 Å². The van der Waals surface area contributed by atoms with Crippen LogP contribution < -0.4 is 5.73 Å². The Morgan fingerprint density at radius 1 is 1.53 bits per heavy atom. The van der Waals surface area contributed by atoms with Crippen LogP contribution in [0.2, 0.25) is 0 Å². The van der Waals surface area contributed by atoms with Gasteiger partial charge in [0, 0.05) is 18.3 Å². The molecule has 0 bridgehead atoms. The van der Waals surface area contributed by atoms with E-state index in [0.29, 0.717) is 24.8 Å². The van der Waals surface area contributed by atoms with Crippen LogP contribution in [0.15, 0.2) is 17.0 Å². The summed E-state index contributed by atoms with van der Waals surface area (Å²) < 4.78 is 6.99. The third-order valence-corrected chi connectivity index (χ3v) is 2.07. The zero-order valence-corrected chi connectivity index (χ0v) is 8.55. The molecule has 0 fully saturated rings. The molecule has 0 saturated carbocycles. The van der Waals surface area contributed by atoms with E-state index in [1.54, 1.807) is 19.4 Å². The fraction of sp³-hybridized carbons (Fsp3) is 0.444. The van der Waals surface area contributed by atoms with Crippen LogP contribution in [0.25, 0.3) is 0 Å². The van der Waals surface area contributed by atoms with E-state index in [1.165, 1.54) is 0 Å². The Labute approximate surface area is 87.1 Å². The minimum absolute atomic E-state index is 0.552. The molecule has 0 aliphatic heterocycles. The standard InChI is InChI=1S/C9H13N5O/c1-7-12-9(15-13-7)5-14-6-11-4-8(14)2-3-10/h4,6H,2-3,5,10H2,1H3. The van der Waals surface area contributed by atoms with Crippen molar-refractivity contribution in [2.45, 2.75) is 19.9 Å². The van der Waals surface area contributed by atoms with Gasteiger partial charge in [-0.3, -0.25) is 0 Å². The summed E-state index contributed by atoms with van der Waals surface area (Å²) >= 11 is 0. The Hall–Kier alpha value is -1.69. The molecule has 2 heterocycles. The summed E-state index contributed by atoms with van der Waals surface area (Å²) in [6.45, 7) is 2.95. The lowest BCUT2D eigenvalue weighted by Crippen LogP contribution is -2.09. The fourth-order valence-corrected chi connectivity index (χ4v) is 1.40. The Bertz CT molecular complexity index is 433. The molecule has 2 aromatic heterocycles. The van der Waals surface area contributed by atoms with Gasteiger partial charge in [0.15, 0.2) is 5.82 Å². The number of aromatic nitrogens is 4. The van der Waals surface area contributed by atoms with E-state index in [9.17, 15) is 0 Å². The molecule has 0 aliphatic rings. The quantitative estimate of drug-likeness (QED) is 0.770. The number of aryl methyl sites for hydroxylation is 1. The highest BCUT2D eigenvalue weighted by molar-refractivity contribution is 5.01. The number of imidazole rings is 1. The first kappa shape index (κ1) is 9.85. The molecule has 0 unspecified atom stereocenters. The molecular weight excluding hydrogens is 194 g/mol. The van der Waals surface area contributed by atoms with Gasteiger partial charge >= 0.3 is 0 Å². The molecule has 0 spiro atoms.